The topological polar surface area (TPSA) is 90.0 Å². The highest BCUT2D eigenvalue weighted by Gasteiger charge is 2.17. The summed E-state index contributed by atoms with van der Waals surface area (Å²) in [6.07, 6.45) is 0. The molecule has 0 aliphatic rings. The lowest BCUT2D eigenvalue weighted by molar-refractivity contribution is -0.116. The van der Waals surface area contributed by atoms with Crippen LogP contribution in [0.25, 0.3) is 11.1 Å². The molecule has 0 radical (unpaired) electrons. The number of hydrogen-bond donors (Lipinski definition) is 1. The molecule has 8 heteroatoms. The Bertz CT molecular complexity index is 1010. The number of benzene rings is 1. The van der Waals surface area contributed by atoms with E-state index in [0.29, 0.717) is 22.2 Å². The van der Waals surface area contributed by atoms with Crippen LogP contribution < -0.4 is 10.9 Å². The zero-order chi connectivity index (χ0) is 17.4. The van der Waals surface area contributed by atoms with Crippen LogP contribution >= 0.6 is 11.6 Å². The van der Waals surface area contributed by atoms with Gasteiger partial charge in [-0.2, -0.15) is 4.98 Å². The summed E-state index contributed by atoms with van der Waals surface area (Å²) >= 11 is 6.04. The average molecular weight is 347 g/mol. The number of nitrogens with zero attached hydrogens (tertiary/aromatic N) is 3. The Kier molecular flexibility index (Phi) is 4.11. The van der Waals surface area contributed by atoms with Crippen molar-refractivity contribution in [1.29, 1.82) is 0 Å². The Morgan fingerprint density at radius 3 is 2.83 bits per heavy atom. The fraction of sp³-hybridized carbons (Fsp3) is 0.250. The third kappa shape index (κ3) is 2.78. The van der Waals surface area contributed by atoms with Gasteiger partial charge in [-0.05, 0) is 38.5 Å². The van der Waals surface area contributed by atoms with Crippen molar-refractivity contribution in [3.05, 3.63) is 50.7 Å². The summed E-state index contributed by atoms with van der Waals surface area (Å²) in [4.78, 5) is 29.1. The lowest BCUT2D eigenvalue weighted by atomic mass is 10.2. The number of fused-ring (bicyclic) bond motifs is 1. The molecule has 3 aromatic rings. The van der Waals surface area contributed by atoms with E-state index in [1.54, 1.807) is 32.0 Å². The zero-order valence-corrected chi connectivity index (χ0v) is 14.1. The summed E-state index contributed by atoms with van der Waals surface area (Å²) in [5.74, 6) is 0.0300. The maximum absolute atomic E-state index is 12.6. The van der Waals surface area contributed by atoms with Crippen LogP contribution in [0.4, 0.5) is 5.69 Å². The predicted molar refractivity (Wildman–Crippen MR) is 90.4 cm³/mol. The van der Waals surface area contributed by atoms with Crippen molar-refractivity contribution in [1.82, 2.24) is 14.7 Å². The predicted octanol–water partition coefficient (Wildman–Crippen LogP) is 2.60. The van der Waals surface area contributed by atoms with Crippen LogP contribution in [0.15, 0.2) is 27.5 Å². The summed E-state index contributed by atoms with van der Waals surface area (Å²) in [5.41, 5.74) is 1.64. The van der Waals surface area contributed by atoms with Gasteiger partial charge in [0.2, 0.25) is 5.91 Å². The van der Waals surface area contributed by atoms with Crippen molar-refractivity contribution in [3.8, 4) is 0 Å². The summed E-state index contributed by atoms with van der Waals surface area (Å²) in [7, 11) is 0. The molecule has 0 spiro atoms. The molecule has 1 aromatic carbocycles. The smallest absolute Gasteiger partial charge is 0.267 e. The zero-order valence-electron chi connectivity index (χ0n) is 13.4. The van der Waals surface area contributed by atoms with E-state index in [4.69, 9.17) is 16.1 Å². The summed E-state index contributed by atoms with van der Waals surface area (Å²) in [5, 5.41) is 7.35. The fourth-order valence-electron chi connectivity index (χ4n) is 2.43. The van der Waals surface area contributed by atoms with Crippen LogP contribution in [0.1, 0.15) is 17.1 Å². The number of nitrogens with one attached hydrogen (secondary N) is 1. The molecule has 0 bridgehead atoms. The first-order valence-corrected chi connectivity index (χ1v) is 7.64. The van der Waals surface area contributed by atoms with E-state index in [1.165, 1.54) is 4.57 Å². The number of rotatable bonds is 3. The highest BCUT2D eigenvalue weighted by atomic mass is 35.5. The maximum Gasteiger partial charge on any atom is 0.267 e. The number of aryl methyl sites for hydroxylation is 2. The van der Waals surface area contributed by atoms with Gasteiger partial charge in [-0.1, -0.05) is 22.8 Å². The van der Waals surface area contributed by atoms with Crippen molar-refractivity contribution in [3.63, 3.8) is 0 Å². The Hall–Kier alpha value is -2.67. The molecule has 2 aromatic heterocycles. The van der Waals surface area contributed by atoms with Gasteiger partial charge in [0.05, 0.1) is 5.69 Å². The molecule has 0 saturated heterocycles. The van der Waals surface area contributed by atoms with E-state index < -0.39 is 0 Å². The second kappa shape index (κ2) is 6.09. The van der Waals surface area contributed by atoms with E-state index in [0.717, 1.165) is 5.56 Å². The molecular weight excluding hydrogens is 332 g/mol. The summed E-state index contributed by atoms with van der Waals surface area (Å²) in [6, 6.07) is 5.24. The summed E-state index contributed by atoms with van der Waals surface area (Å²) in [6.45, 7) is 4.94. The molecule has 0 unspecified atom stereocenters. The average Bonchev–Trinajstić information content (AvgIpc) is 2.89. The van der Waals surface area contributed by atoms with E-state index in [-0.39, 0.29) is 29.1 Å². The highest BCUT2D eigenvalue weighted by molar-refractivity contribution is 6.31. The van der Waals surface area contributed by atoms with Crippen LogP contribution in [0.5, 0.6) is 0 Å². The number of carbonyl (C=O) groups is 1. The van der Waals surface area contributed by atoms with Crippen LogP contribution in [0.2, 0.25) is 5.02 Å². The van der Waals surface area contributed by atoms with Crippen LogP contribution in [-0.4, -0.2) is 20.6 Å². The molecule has 0 saturated carbocycles. The summed E-state index contributed by atoms with van der Waals surface area (Å²) < 4.78 is 6.30. The van der Waals surface area contributed by atoms with Gasteiger partial charge >= 0.3 is 0 Å². The SMILES string of the molecule is Cc1c(Cl)cccc1NC(=O)Cn1c(C)nc2onc(C)c2c1=O. The molecular formula is C16H15ClN4O3. The third-order valence-corrected chi connectivity index (χ3v) is 4.21. The Balaban J connectivity index is 1.92. The number of carbonyl (C=O) groups excluding carboxylic acids is 1. The first-order valence-electron chi connectivity index (χ1n) is 7.27. The van der Waals surface area contributed by atoms with Gasteiger partial charge < -0.3 is 9.84 Å². The molecule has 0 fully saturated rings. The highest BCUT2D eigenvalue weighted by Crippen LogP contribution is 2.22. The Labute approximate surface area is 142 Å². The Morgan fingerprint density at radius 1 is 1.33 bits per heavy atom. The lowest BCUT2D eigenvalue weighted by Crippen LogP contribution is -2.30. The quantitative estimate of drug-likeness (QED) is 0.787. The number of halogens is 1. The number of amides is 1. The third-order valence-electron chi connectivity index (χ3n) is 3.80. The normalized spacial score (nSPS) is 11.0. The monoisotopic (exact) mass is 346 g/mol. The molecule has 2 heterocycles. The minimum atomic E-state index is -0.353. The minimum absolute atomic E-state index is 0.163. The Morgan fingerprint density at radius 2 is 2.08 bits per heavy atom. The maximum atomic E-state index is 12.6. The van der Waals surface area contributed by atoms with Crippen LogP contribution in [0, 0.1) is 20.8 Å². The van der Waals surface area contributed by atoms with E-state index in [2.05, 4.69) is 15.5 Å². The van der Waals surface area contributed by atoms with Crippen molar-refractivity contribution >= 4 is 34.3 Å². The first-order chi connectivity index (χ1) is 11.4. The van der Waals surface area contributed by atoms with E-state index >= 15 is 0 Å². The van der Waals surface area contributed by atoms with Gasteiger partial charge in [0.1, 0.15) is 17.8 Å². The molecule has 24 heavy (non-hydrogen) atoms. The molecule has 0 aliphatic heterocycles. The largest absolute Gasteiger partial charge is 0.335 e. The van der Waals surface area contributed by atoms with Gasteiger partial charge in [0.25, 0.3) is 11.3 Å². The molecule has 1 amide bonds. The van der Waals surface area contributed by atoms with Gasteiger partial charge in [-0.25, -0.2) is 0 Å². The van der Waals surface area contributed by atoms with Crippen molar-refractivity contribution in [2.75, 3.05) is 5.32 Å². The van der Waals surface area contributed by atoms with Gasteiger partial charge in [0, 0.05) is 10.7 Å². The molecule has 1 N–H and O–H groups in total. The molecule has 0 aliphatic carbocycles. The van der Waals surface area contributed by atoms with Crippen LogP contribution in [0.3, 0.4) is 0 Å². The fourth-order valence-corrected chi connectivity index (χ4v) is 2.61. The van der Waals surface area contributed by atoms with Crippen molar-refractivity contribution < 1.29 is 9.32 Å². The van der Waals surface area contributed by atoms with Gasteiger partial charge in [0.15, 0.2) is 0 Å². The number of aromatic nitrogens is 3. The molecule has 0 atom stereocenters. The van der Waals surface area contributed by atoms with E-state index in [9.17, 15) is 9.59 Å². The number of hydrogen-bond acceptors (Lipinski definition) is 5. The second-order valence-electron chi connectivity index (χ2n) is 5.46. The van der Waals surface area contributed by atoms with E-state index in [1.807, 2.05) is 6.92 Å². The standard InChI is InChI=1S/C16H15ClN4O3/c1-8-11(17)5-4-6-12(8)19-13(22)7-21-10(3)18-15-14(16(21)23)9(2)20-24-15/h4-6H,7H2,1-3H3,(H,19,22). The van der Waals surface area contributed by atoms with Crippen LogP contribution in [-0.2, 0) is 11.3 Å². The van der Waals surface area contributed by atoms with Crippen molar-refractivity contribution in [2.45, 2.75) is 27.3 Å². The molecule has 7 nitrogen and oxygen atoms in total. The molecule has 3 rings (SSSR count). The minimum Gasteiger partial charge on any atom is -0.335 e. The lowest BCUT2D eigenvalue weighted by Gasteiger charge is -2.12. The second-order valence-corrected chi connectivity index (χ2v) is 5.87. The molecule has 124 valence electrons. The van der Waals surface area contributed by atoms with Crippen molar-refractivity contribution in [2.24, 2.45) is 0 Å². The van der Waals surface area contributed by atoms with Gasteiger partial charge in [-0.3, -0.25) is 14.2 Å². The first kappa shape index (κ1) is 16.2. The number of anilines is 1. The van der Waals surface area contributed by atoms with Gasteiger partial charge in [-0.15, -0.1) is 0 Å².